The van der Waals surface area contributed by atoms with Crippen LogP contribution in [0, 0.1) is 11.3 Å². The second kappa shape index (κ2) is 10.6. The van der Waals surface area contributed by atoms with Gasteiger partial charge in [-0.1, -0.05) is 35.5 Å². The lowest BCUT2D eigenvalue weighted by atomic mass is 10.1. The molecular weight excluding hydrogens is 442 g/mol. The van der Waals surface area contributed by atoms with E-state index < -0.39 is 11.7 Å². The number of nitrogens with one attached hydrogen (secondary N) is 1. The first-order valence-electron chi connectivity index (χ1n) is 8.94. The van der Waals surface area contributed by atoms with E-state index in [-0.39, 0.29) is 5.57 Å². The Morgan fingerprint density at radius 3 is 2.42 bits per heavy atom. The first kappa shape index (κ1) is 22.3. The van der Waals surface area contributed by atoms with Crippen LogP contribution in [0.1, 0.15) is 5.56 Å². The van der Waals surface area contributed by atoms with Crippen molar-refractivity contribution in [1.82, 2.24) is 0 Å². The van der Waals surface area contributed by atoms with Crippen LogP contribution in [0.3, 0.4) is 0 Å². The second-order valence-corrected chi connectivity index (χ2v) is 7.66. The Bertz CT molecular complexity index is 1130. The van der Waals surface area contributed by atoms with E-state index in [0.717, 1.165) is 0 Å². The standard InChI is InChI=1S/C23H15ClF2N2O2S/c24-17-4-8-19(9-5-17)30-20-3-1-2-15(13-20)12-16(14-27)22(29)28-18-6-10-21(11-7-18)31-23(25)26/h1-13,23H,(H,28,29)/b16-12-. The molecule has 31 heavy (non-hydrogen) atoms. The minimum atomic E-state index is -2.52. The normalized spacial score (nSPS) is 11.1. The van der Waals surface area contributed by atoms with Gasteiger partial charge in [0, 0.05) is 15.6 Å². The number of carbonyl (C=O) groups excluding carboxylic acids is 1. The highest BCUT2D eigenvalue weighted by molar-refractivity contribution is 7.99. The van der Waals surface area contributed by atoms with E-state index in [1.165, 1.54) is 30.3 Å². The Morgan fingerprint density at radius 2 is 1.77 bits per heavy atom. The van der Waals surface area contributed by atoms with Crippen LogP contribution in [0.15, 0.2) is 83.3 Å². The molecule has 0 spiro atoms. The van der Waals surface area contributed by atoms with Gasteiger partial charge in [0.15, 0.2) is 0 Å². The highest BCUT2D eigenvalue weighted by Gasteiger charge is 2.11. The van der Waals surface area contributed by atoms with Crippen molar-refractivity contribution in [3.63, 3.8) is 0 Å². The summed E-state index contributed by atoms with van der Waals surface area (Å²) in [5.74, 6) is -2.01. The van der Waals surface area contributed by atoms with Crippen molar-refractivity contribution < 1.29 is 18.3 Å². The van der Waals surface area contributed by atoms with Crippen LogP contribution in [0.4, 0.5) is 14.5 Å². The van der Waals surface area contributed by atoms with Crippen molar-refractivity contribution in [2.45, 2.75) is 10.7 Å². The number of thioether (sulfide) groups is 1. The molecule has 1 amide bonds. The monoisotopic (exact) mass is 456 g/mol. The molecule has 0 radical (unpaired) electrons. The SMILES string of the molecule is N#C/C(=C/c1cccc(Oc2ccc(Cl)cc2)c1)C(=O)Nc1ccc(SC(F)F)cc1. The van der Waals surface area contributed by atoms with Crippen molar-refractivity contribution in [2.75, 3.05) is 5.32 Å². The molecule has 0 heterocycles. The van der Waals surface area contributed by atoms with Crippen LogP contribution in [0.25, 0.3) is 6.08 Å². The van der Waals surface area contributed by atoms with Crippen LogP contribution >= 0.6 is 23.4 Å². The molecule has 0 atom stereocenters. The third kappa shape index (κ3) is 6.85. The topological polar surface area (TPSA) is 62.1 Å². The number of hydrogen-bond acceptors (Lipinski definition) is 4. The highest BCUT2D eigenvalue weighted by atomic mass is 35.5. The molecule has 0 aliphatic rings. The fraction of sp³-hybridized carbons (Fsp3) is 0.0435. The molecule has 0 unspecified atom stereocenters. The van der Waals surface area contributed by atoms with Crippen LogP contribution < -0.4 is 10.1 Å². The number of nitriles is 1. The van der Waals surface area contributed by atoms with Gasteiger partial charge in [-0.3, -0.25) is 4.79 Å². The minimum absolute atomic E-state index is 0.116. The maximum atomic E-state index is 12.4. The van der Waals surface area contributed by atoms with Gasteiger partial charge in [0.2, 0.25) is 0 Å². The number of amides is 1. The van der Waals surface area contributed by atoms with Gasteiger partial charge in [-0.2, -0.15) is 14.0 Å². The van der Waals surface area contributed by atoms with Gasteiger partial charge in [0.05, 0.1) is 0 Å². The van der Waals surface area contributed by atoms with Gasteiger partial charge < -0.3 is 10.1 Å². The summed E-state index contributed by atoms with van der Waals surface area (Å²) in [6.45, 7) is 0. The summed E-state index contributed by atoms with van der Waals surface area (Å²) in [6, 6.07) is 21.6. The fourth-order valence-corrected chi connectivity index (χ4v) is 3.16. The van der Waals surface area contributed by atoms with E-state index in [9.17, 15) is 18.8 Å². The maximum absolute atomic E-state index is 12.4. The van der Waals surface area contributed by atoms with E-state index >= 15 is 0 Å². The Morgan fingerprint density at radius 1 is 1.06 bits per heavy atom. The average Bonchev–Trinajstić information content (AvgIpc) is 2.75. The molecule has 1 N–H and O–H groups in total. The smallest absolute Gasteiger partial charge is 0.288 e. The number of anilines is 1. The number of alkyl halides is 2. The van der Waals surface area contributed by atoms with Crippen LogP contribution in [0.2, 0.25) is 5.02 Å². The lowest BCUT2D eigenvalue weighted by Crippen LogP contribution is -2.13. The summed E-state index contributed by atoms with van der Waals surface area (Å²) < 4.78 is 30.5. The predicted molar refractivity (Wildman–Crippen MR) is 118 cm³/mol. The van der Waals surface area contributed by atoms with Crippen molar-refractivity contribution >= 4 is 41.0 Å². The zero-order chi connectivity index (χ0) is 22.2. The molecule has 0 aliphatic heterocycles. The number of nitrogens with zero attached hydrogens (tertiary/aromatic N) is 1. The molecule has 156 valence electrons. The Balaban J connectivity index is 1.71. The number of rotatable bonds is 7. The molecule has 0 saturated heterocycles. The number of benzene rings is 3. The maximum Gasteiger partial charge on any atom is 0.288 e. The predicted octanol–water partition coefficient (Wildman–Crippen LogP) is 6.99. The Kier molecular flexibility index (Phi) is 7.65. The molecule has 0 saturated carbocycles. The third-order valence-corrected chi connectivity index (χ3v) is 4.90. The number of hydrogen-bond donors (Lipinski definition) is 1. The summed E-state index contributed by atoms with van der Waals surface area (Å²) in [7, 11) is 0. The van der Waals surface area contributed by atoms with Gasteiger partial charge in [-0.05, 0) is 72.3 Å². The molecule has 0 fully saturated rings. The summed E-state index contributed by atoms with van der Waals surface area (Å²) >= 11 is 6.28. The minimum Gasteiger partial charge on any atom is -0.457 e. The molecule has 3 rings (SSSR count). The summed E-state index contributed by atoms with van der Waals surface area (Å²) in [5, 5.41) is 12.6. The van der Waals surface area contributed by atoms with E-state index in [4.69, 9.17) is 16.3 Å². The van der Waals surface area contributed by atoms with E-state index in [0.29, 0.717) is 44.4 Å². The number of ether oxygens (including phenoxy) is 1. The first-order valence-corrected chi connectivity index (χ1v) is 10.2. The quantitative estimate of drug-likeness (QED) is 0.236. The molecule has 3 aromatic carbocycles. The summed E-state index contributed by atoms with van der Waals surface area (Å²) in [5.41, 5.74) is 0.876. The molecule has 0 aliphatic carbocycles. The van der Waals surface area contributed by atoms with Crippen LogP contribution in [-0.2, 0) is 4.79 Å². The Labute approximate surface area is 187 Å². The van der Waals surface area contributed by atoms with Crippen molar-refractivity contribution in [3.05, 3.63) is 89.0 Å². The molecular formula is C23H15ClF2N2O2S. The lowest BCUT2D eigenvalue weighted by Gasteiger charge is -2.07. The fourth-order valence-electron chi connectivity index (χ4n) is 2.54. The zero-order valence-electron chi connectivity index (χ0n) is 15.9. The largest absolute Gasteiger partial charge is 0.457 e. The van der Waals surface area contributed by atoms with Crippen LogP contribution in [0.5, 0.6) is 11.5 Å². The number of carbonyl (C=O) groups is 1. The molecule has 0 aromatic heterocycles. The summed E-state index contributed by atoms with van der Waals surface area (Å²) in [4.78, 5) is 12.8. The van der Waals surface area contributed by atoms with E-state index in [2.05, 4.69) is 5.32 Å². The highest BCUT2D eigenvalue weighted by Crippen LogP contribution is 2.27. The first-order chi connectivity index (χ1) is 14.9. The molecule has 4 nitrogen and oxygen atoms in total. The lowest BCUT2D eigenvalue weighted by molar-refractivity contribution is -0.112. The average molecular weight is 457 g/mol. The summed E-state index contributed by atoms with van der Waals surface area (Å²) in [6.07, 6.45) is 1.44. The van der Waals surface area contributed by atoms with Crippen molar-refractivity contribution in [3.8, 4) is 17.6 Å². The van der Waals surface area contributed by atoms with Crippen molar-refractivity contribution in [2.24, 2.45) is 0 Å². The van der Waals surface area contributed by atoms with Gasteiger partial charge in [0.25, 0.3) is 11.7 Å². The second-order valence-electron chi connectivity index (χ2n) is 6.16. The van der Waals surface area contributed by atoms with Crippen LogP contribution in [-0.4, -0.2) is 11.7 Å². The van der Waals surface area contributed by atoms with Gasteiger partial charge in [0.1, 0.15) is 23.1 Å². The van der Waals surface area contributed by atoms with Crippen molar-refractivity contribution in [1.29, 1.82) is 5.26 Å². The van der Waals surface area contributed by atoms with E-state index in [1.807, 2.05) is 6.07 Å². The molecule has 8 heteroatoms. The third-order valence-electron chi connectivity index (χ3n) is 3.92. The molecule has 0 bridgehead atoms. The Hall–Kier alpha value is -3.34. The van der Waals surface area contributed by atoms with E-state index in [1.54, 1.807) is 48.5 Å². The van der Waals surface area contributed by atoms with Gasteiger partial charge in [-0.15, -0.1) is 0 Å². The zero-order valence-corrected chi connectivity index (χ0v) is 17.5. The van der Waals surface area contributed by atoms with Gasteiger partial charge >= 0.3 is 0 Å². The molecule has 3 aromatic rings. The van der Waals surface area contributed by atoms with Gasteiger partial charge in [-0.25, -0.2) is 0 Å². The number of halogens is 3.